The smallest absolute Gasteiger partial charge is 0.116 e. The Morgan fingerprint density at radius 2 is 2.40 bits per heavy atom. The van der Waals surface area contributed by atoms with E-state index >= 15 is 0 Å². The third kappa shape index (κ3) is 1.41. The van der Waals surface area contributed by atoms with Gasteiger partial charge in [0.25, 0.3) is 0 Å². The molecule has 0 unspecified atom stereocenters. The summed E-state index contributed by atoms with van der Waals surface area (Å²) in [6, 6.07) is 1.90. The molecule has 0 fully saturated rings. The molecule has 2 heteroatoms. The molecular formula is C8H10N2. The second kappa shape index (κ2) is 3.11. The Morgan fingerprint density at radius 3 is 2.90 bits per heavy atom. The fourth-order valence-electron chi connectivity index (χ4n) is 0.672. The van der Waals surface area contributed by atoms with Crippen molar-refractivity contribution in [3.8, 4) is 0 Å². The Morgan fingerprint density at radius 1 is 1.60 bits per heavy atom. The first kappa shape index (κ1) is 6.93. The van der Waals surface area contributed by atoms with Crippen LogP contribution in [0, 0.1) is 0 Å². The van der Waals surface area contributed by atoms with Crippen molar-refractivity contribution in [1.29, 1.82) is 0 Å². The van der Waals surface area contributed by atoms with E-state index in [1.165, 1.54) is 5.57 Å². The Balaban J connectivity index is 2.96. The molecule has 0 radical (unpaired) electrons. The minimum absolute atomic E-state index is 0.998. The molecule has 1 aromatic heterocycles. The van der Waals surface area contributed by atoms with Gasteiger partial charge in [0.1, 0.15) is 6.33 Å². The molecule has 1 heterocycles. The van der Waals surface area contributed by atoms with Crippen LogP contribution in [0.5, 0.6) is 0 Å². The fraction of sp³-hybridized carbons (Fsp3) is 0.250. The summed E-state index contributed by atoms with van der Waals surface area (Å²) in [5.41, 5.74) is 2.18. The fourth-order valence-corrected chi connectivity index (χ4v) is 0.672. The zero-order valence-corrected chi connectivity index (χ0v) is 6.20. The van der Waals surface area contributed by atoms with Gasteiger partial charge in [0.2, 0.25) is 0 Å². The van der Waals surface area contributed by atoms with Gasteiger partial charge in [0.05, 0.1) is 5.69 Å². The maximum absolute atomic E-state index is 4.07. The Kier molecular flexibility index (Phi) is 2.15. The van der Waals surface area contributed by atoms with Crippen LogP contribution in [0.25, 0.3) is 5.57 Å². The minimum atomic E-state index is 0.998. The van der Waals surface area contributed by atoms with E-state index in [1.54, 1.807) is 12.5 Å². The zero-order chi connectivity index (χ0) is 7.40. The van der Waals surface area contributed by atoms with Gasteiger partial charge in [-0.05, 0) is 25.5 Å². The molecule has 1 rings (SSSR count). The zero-order valence-electron chi connectivity index (χ0n) is 6.20. The van der Waals surface area contributed by atoms with Crippen LogP contribution in [0.1, 0.15) is 19.5 Å². The lowest BCUT2D eigenvalue weighted by molar-refractivity contribution is 1.14. The molecule has 0 saturated carbocycles. The van der Waals surface area contributed by atoms with Crippen molar-refractivity contribution in [3.05, 3.63) is 30.4 Å². The van der Waals surface area contributed by atoms with Crippen LogP contribution in [-0.4, -0.2) is 9.97 Å². The highest BCUT2D eigenvalue weighted by molar-refractivity contribution is 5.59. The van der Waals surface area contributed by atoms with Crippen LogP contribution < -0.4 is 0 Å². The summed E-state index contributed by atoms with van der Waals surface area (Å²) in [5.74, 6) is 0. The molecule has 0 aliphatic carbocycles. The highest BCUT2D eigenvalue weighted by Crippen LogP contribution is 2.06. The lowest BCUT2D eigenvalue weighted by Gasteiger charge is -1.95. The second-order valence-corrected chi connectivity index (χ2v) is 2.07. The van der Waals surface area contributed by atoms with Crippen molar-refractivity contribution in [2.24, 2.45) is 0 Å². The van der Waals surface area contributed by atoms with Gasteiger partial charge in [-0.15, -0.1) is 0 Å². The van der Waals surface area contributed by atoms with Crippen molar-refractivity contribution in [1.82, 2.24) is 9.97 Å². The molecule has 0 aliphatic heterocycles. The molecule has 0 amide bonds. The predicted molar refractivity (Wildman–Crippen MR) is 41.4 cm³/mol. The predicted octanol–water partition coefficient (Wildman–Crippen LogP) is 1.90. The van der Waals surface area contributed by atoms with Gasteiger partial charge >= 0.3 is 0 Å². The molecule has 0 saturated heterocycles. The molecule has 52 valence electrons. The first-order chi connectivity index (χ1) is 4.84. The molecule has 1 aromatic rings. The van der Waals surface area contributed by atoms with Crippen LogP contribution in [-0.2, 0) is 0 Å². The lowest BCUT2D eigenvalue weighted by atomic mass is 10.2. The van der Waals surface area contributed by atoms with Gasteiger partial charge in [-0.1, -0.05) is 6.08 Å². The first-order valence-corrected chi connectivity index (χ1v) is 3.24. The van der Waals surface area contributed by atoms with E-state index in [0.717, 1.165) is 5.69 Å². The molecule has 2 nitrogen and oxygen atoms in total. The van der Waals surface area contributed by atoms with E-state index in [1.807, 2.05) is 26.0 Å². The van der Waals surface area contributed by atoms with Gasteiger partial charge in [-0.2, -0.15) is 0 Å². The van der Waals surface area contributed by atoms with Crippen LogP contribution in [0.4, 0.5) is 0 Å². The molecule has 0 N–H and O–H groups in total. The Labute approximate surface area is 60.6 Å². The average molecular weight is 134 g/mol. The SMILES string of the molecule is C/C=C(\C)c1ccncn1. The third-order valence-corrected chi connectivity index (χ3v) is 1.42. The number of nitrogens with zero attached hydrogens (tertiary/aromatic N) is 2. The monoisotopic (exact) mass is 134 g/mol. The topological polar surface area (TPSA) is 25.8 Å². The molecule has 10 heavy (non-hydrogen) atoms. The molecule has 0 spiro atoms. The third-order valence-electron chi connectivity index (χ3n) is 1.42. The number of aromatic nitrogens is 2. The number of rotatable bonds is 1. The van der Waals surface area contributed by atoms with E-state index < -0.39 is 0 Å². The highest BCUT2D eigenvalue weighted by atomic mass is 14.8. The maximum atomic E-state index is 4.07. The number of allylic oxidation sites excluding steroid dienone is 2. The summed E-state index contributed by atoms with van der Waals surface area (Å²) >= 11 is 0. The van der Waals surface area contributed by atoms with Crippen molar-refractivity contribution in [3.63, 3.8) is 0 Å². The van der Waals surface area contributed by atoms with Gasteiger partial charge < -0.3 is 0 Å². The minimum Gasteiger partial charge on any atom is -0.245 e. The summed E-state index contributed by atoms with van der Waals surface area (Å²) < 4.78 is 0. The maximum Gasteiger partial charge on any atom is 0.116 e. The van der Waals surface area contributed by atoms with Crippen molar-refractivity contribution >= 4 is 5.57 Å². The Bertz CT molecular complexity index is 226. The van der Waals surface area contributed by atoms with Gasteiger partial charge in [-0.25, -0.2) is 9.97 Å². The summed E-state index contributed by atoms with van der Waals surface area (Å²) in [5, 5.41) is 0. The molecular weight excluding hydrogens is 124 g/mol. The van der Waals surface area contributed by atoms with E-state index in [4.69, 9.17) is 0 Å². The molecule has 0 aromatic carbocycles. The normalized spacial score (nSPS) is 11.6. The van der Waals surface area contributed by atoms with E-state index in [0.29, 0.717) is 0 Å². The summed E-state index contributed by atoms with van der Waals surface area (Å²) in [7, 11) is 0. The molecule has 0 bridgehead atoms. The highest BCUT2D eigenvalue weighted by Gasteiger charge is 1.91. The Hall–Kier alpha value is -1.18. The second-order valence-electron chi connectivity index (χ2n) is 2.07. The number of hydrogen-bond donors (Lipinski definition) is 0. The average Bonchev–Trinajstić information content (AvgIpc) is 2.05. The van der Waals surface area contributed by atoms with E-state index in [9.17, 15) is 0 Å². The summed E-state index contributed by atoms with van der Waals surface area (Å²) in [6.07, 6.45) is 5.33. The van der Waals surface area contributed by atoms with E-state index in [-0.39, 0.29) is 0 Å². The van der Waals surface area contributed by atoms with Crippen LogP contribution in [0.2, 0.25) is 0 Å². The van der Waals surface area contributed by atoms with Gasteiger partial charge in [0, 0.05) is 6.20 Å². The van der Waals surface area contributed by atoms with E-state index in [2.05, 4.69) is 9.97 Å². The largest absolute Gasteiger partial charge is 0.245 e. The standard InChI is InChI=1S/C8H10N2/c1-3-7(2)8-4-5-9-6-10-8/h3-6H,1-2H3/b7-3+. The van der Waals surface area contributed by atoms with Gasteiger partial charge in [0.15, 0.2) is 0 Å². The summed E-state index contributed by atoms with van der Waals surface area (Å²) in [6.45, 7) is 4.03. The molecule has 0 atom stereocenters. The van der Waals surface area contributed by atoms with Crippen LogP contribution in [0.15, 0.2) is 24.7 Å². The first-order valence-electron chi connectivity index (χ1n) is 3.24. The summed E-state index contributed by atoms with van der Waals surface area (Å²) in [4.78, 5) is 7.89. The van der Waals surface area contributed by atoms with Crippen LogP contribution in [0.3, 0.4) is 0 Å². The van der Waals surface area contributed by atoms with Crippen molar-refractivity contribution < 1.29 is 0 Å². The van der Waals surface area contributed by atoms with Crippen LogP contribution >= 0.6 is 0 Å². The van der Waals surface area contributed by atoms with Gasteiger partial charge in [-0.3, -0.25) is 0 Å². The quantitative estimate of drug-likeness (QED) is 0.586. The van der Waals surface area contributed by atoms with Crippen molar-refractivity contribution in [2.75, 3.05) is 0 Å². The lowest BCUT2D eigenvalue weighted by Crippen LogP contribution is -1.84. The van der Waals surface area contributed by atoms with Crippen molar-refractivity contribution in [2.45, 2.75) is 13.8 Å². The molecule has 0 aliphatic rings. The number of hydrogen-bond acceptors (Lipinski definition) is 2.